The number of hydrogen-bond acceptors (Lipinski definition) is 4. The van der Waals surface area contributed by atoms with E-state index in [-0.39, 0.29) is 11.8 Å². The number of carbonyl (C=O) groups is 1. The Morgan fingerprint density at radius 2 is 2.38 bits per heavy atom. The van der Waals surface area contributed by atoms with E-state index in [1.165, 1.54) is 0 Å². The Morgan fingerprint density at radius 3 is 3.14 bits per heavy atom. The van der Waals surface area contributed by atoms with Gasteiger partial charge in [-0.3, -0.25) is 9.48 Å². The molecule has 112 valence electrons. The van der Waals surface area contributed by atoms with Gasteiger partial charge in [-0.15, -0.1) is 0 Å². The Balaban J connectivity index is 1.81. The van der Waals surface area contributed by atoms with Crippen LogP contribution in [0.4, 0.5) is 0 Å². The lowest BCUT2D eigenvalue weighted by atomic mass is 10.1. The lowest BCUT2D eigenvalue weighted by molar-refractivity contribution is 0.0617. The molecule has 0 radical (unpaired) electrons. The number of carbonyl (C=O) groups excluding carboxylic acids is 1. The molecule has 21 heavy (non-hydrogen) atoms. The van der Waals surface area contributed by atoms with Gasteiger partial charge in [0.25, 0.3) is 5.91 Å². The second kappa shape index (κ2) is 6.41. The molecule has 1 aliphatic heterocycles. The Kier molecular flexibility index (Phi) is 4.36. The average molecular weight is 305 g/mol. The summed E-state index contributed by atoms with van der Waals surface area (Å²) >= 11 is 1.55. The van der Waals surface area contributed by atoms with Crippen LogP contribution in [0.5, 0.6) is 0 Å². The monoisotopic (exact) mass is 305 g/mol. The minimum Gasteiger partial charge on any atom is -0.381 e. The molecule has 0 saturated heterocycles. The third-order valence-corrected chi connectivity index (χ3v) is 4.36. The number of amides is 1. The molecular formula is C15H19N3O2S. The highest BCUT2D eigenvalue weighted by Gasteiger charge is 2.26. The van der Waals surface area contributed by atoms with Crippen molar-refractivity contribution in [3.8, 4) is 0 Å². The van der Waals surface area contributed by atoms with Crippen LogP contribution in [0.25, 0.3) is 0 Å². The van der Waals surface area contributed by atoms with Crippen molar-refractivity contribution < 1.29 is 9.53 Å². The molecule has 6 heteroatoms. The van der Waals surface area contributed by atoms with Crippen LogP contribution >= 0.6 is 11.3 Å². The van der Waals surface area contributed by atoms with E-state index in [1.54, 1.807) is 17.5 Å². The van der Waals surface area contributed by atoms with Crippen LogP contribution in [0.1, 0.15) is 23.0 Å². The number of rotatable bonds is 4. The minimum atomic E-state index is 0.0902. The summed E-state index contributed by atoms with van der Waals surface area (Å²) < 4.78 is 7.55. The van der Waals surface area contributed by atoms with Crippen molar-refractivity contribution in [3.63, 3.8) is 0 Å². The van der Waals surface area contributed by atoms with Gasteiger partial charge in [0.05, 0.1) is 24.4 Å². The highest BCUT2D eigenvalue weighted by Crippen LogP contribution is 2.19. The molecule has 0 bridgehead atoms. The van der Waals surface area contributed by atoms with Crippen molar-refractivity contribution in [1.82, 2.24) is 14.7 Å². The van der Waals surface area contributed by atoms with Crippen molar-refractivity contribution in [2.75, 3.05) is 19.8 Å². The average Bonchev–Trinajstić information content (AvgIpc) is 3.13. The summed E-state index contributed by atoms with van der Waals surface area (Å²) in [6, 6.07) is 3.86. The SMILES string of the molecule is CCOC[C@H]1CN(C(=O)c2ccsc2)Cc2ccnn2C1. The number of ether oxygens (including phenoxy) is 1. The van der Waals surface area contributed by atoms with E-state index in [4.69, 9.17) is 4.74 Å². The van der Waals surface area contributed by atoms with Gasteiger partial charge in [-0.25, -0.2) is 0 Å². The first-order valence-corrected chi connectivity index (χ1v) is 8.12. The summed E-state index contributed by atoms with van der Waals surface area (Å²) in [6.07, 6.45) is 1.80. The fourth-order valence-corrected chi connectivity index (χ4v) is 3.28. The van der Waals surface area contributed by atoms with E-state index >= 15 is 0 Å². The zero-order valence-electron chi connectivity index (χ0n) is 12.1. The number of hydrogen-bond donors (Lipinski definition) is 0. The van der Waals surface area contributed by atoms with E-state index in [0.717, 1.165) is 17.8 Å². The molecule has 0 spiro atoms. The van der Waals surface area contributed by atoms with Gasteiger partial charge in [-0.1, -0.05) is 0 Å². The van der Waals surface area contributed by atoms with Gasteiger partial charge >= 0.3 is 0 Å². The molecule has 1 atom stereocenters. The van der Waals surface area contributed by atoms with Crippen LogP contribution in [-0.2, 0) is 17.8 Å². The first-order valence-electron chi connectivity index (χ1n) is 7.18. The Labute approximate surface area is 128 Å². The molecule has 0 aromatic carbocycles. The lowest BCUT2D eigenvalue weighted by Gasteiger charge is -2.23. The van der Waals surface area contributed by atoms with Crippen molar-refractivity contribution in [2.45, 2.75) is 20.0 Å². The smallest absolute Gasteiger partial charge is 0.255 e. The second-order valence-electron chi connectivity index (χ2n) is 5.23. The van der Waals surface area contributed by atoms with E-state index in [9.17, 15) is 4.79 Å². The van der Waals surface area contributed by atoms with Gasteiger partial charge < -0.3 is 9.64 Å². The predicted octanol–water partition coefficient (Wildman–Crippen LogP) is 2.25. The van der Waals surface area contributed by atoms with Crippen LogP contribution in [0.3, 0.4) is 0 Å². The number of nitrogens with zero attached hydrogens (tertiary/aromatic N) is 3. The Hall–Kier alpha value is -1.66. The summed E-state index contributed by atoms with van der Waals surface area (Å²) in [5.74, 6) is 0.362. The van der Waals surface area contributed by atoms with E-state index in [2.05, 4.69) is 5.10 Å². The fourth-order valence-electron chi connectivity index (χ4n) is 2.65. The standard InChI is InChI=1S/C15H19N3O2S/c1-2-20-10-12-7-17(15(19)13-4-6-21-11-13)9-14-3-5-16-18(14)8-12/h3-6,11-12H,2,7-10H2,1H3/t12-/m0/s1. The van der Waals surface area contributed by atoms with Crippen molar-refractivity contribution >= 4 is 17.2 Å². The maximum atomic E-state index is 12.6. The van der Waals surface area contributed by atoms with Crippen molar-refractivity contribution in [3.05, 3.63) is 40.3 Å². The topological polar surface area (TPSA) is 47.4 Å². The zero-order chi connectivity index (χ0) is 14.7. The molecule has 1 aliphatic rings. The zero-order valence-corrected chi connectivity index (χ0v) is 12.9. The molecule has 0 aliphatic carbocycles. The maximum absolute atomic E-state index is 12.6. The summed E-state index contributed by atoms with van der Waals surface area (Å²) in [7, 11) is 0. The normalized spacial score (nSPS) is 18.3. The van der Waals surface area contributed by atoms with Crippen LogP contribution in [-0.4, -0.2) is 40.3 Å². The Bertz CT molecular complexity index is 594. The number of fused-ring (bicyclic) bond motifs is 1. The fraction of sp³-hybridized carbons (Fsp3) is 0.467. The molecule has 2 aromatic rings. The third-order valence-electron chi connectivity index (χ3n) is 3.68. The quantitative estimate of drug-likeness (QED) is 0.870. The molecule has 0 N–H and O–H groups in total. The minimum absolute atomic E-state index is 0.0902. The Morgan fingerprint density at radius 1 is 1.48 bits per heavy atom. The molecule has 5 nitrogen and oxygen atoms in total. The maximum Gasteiger partial charge on any atom is 0.255 e. The first-order chi connectivity index (χ1) is 10.3. The molecule has 3 rings (SSSR count). The van der Waals surface area contributed by atoms with Gasteiger partial charge in [0.2, 0.25) is 0 Å². The van der Waals surface area contributed by atoms with Crippen molar-refractivity contribution in [1.29, 1.82) is 0 Å². The predicted molar refractivity (Wildman–Crippen MR) is 81.3 cm³/mol. The van der Waals surface area contributed by atoms with Crippen LogP contribution < -0.4 is 0 Å². The number of aromatic nitrogens is 2. The molecular weight excluding hydrogens is 286 g/mol. The summed E-state index contributed by atoms with van der Waals surface area (Å²) in [5.41, 5.74) is 1.85. The molecule has 3 heterocycles. The van der Waals surface area contributed by atoms with Gasteiger partial charge in [-0.2, -0.15) is 16.4 Å². The van der Waals surface area contributed by atoms with Gasteiger partial charge in [0, 0.05) is 37.2 Å². The van der Waals surface area contributed by atoms with Crippen LogP contribution in [0, 0.1) is 5.92 Å². The highest BCUT2D eigenvalue weighted by molar-refractivity contribution is 7.08. The first kappa shape index (κ1) is 14.3. The summed E-state index contributed by atoms with van der Waals surface area (Å²) in [6.45, 7) is 5.46. The van der Waals surface area contributed by atoms with Gasteiger partial charge in [0.1, 0.15) is 0 Å². The third kappa shape index (κ3) is 3.16. The highest BCUT2D eigenvalue weighted by atomic mass is 32.1. The van der Waals surface area contributed by atoms with Crippen LogP contribution in [0.2, 0.25) is 0 Å². The van der Waals surface area contributed by atoms with E-state index in [1.807, 2.05) is 39.4 Å². The lowest BCUT2D eigenvalue weighted by Crippen LogP contribution is -2.35. The second-order valence-corrected chi connectivity index (χ2v) is 6.01. The van der Waals surface area contributed by atoms with Crippen molar-refractivity contribution in [2.24, 2.45) is 5.92 Å². The molecule has 1 amide bonds. The molecule has 0 fully saturated rings. The molecule has 0 unspecified atom stereocenters. The summed E-state index contributed by atoms with van der Waals surface area (Å²) in [5, 5.41) is 8.20. The van der Waals surface area contributed by atoms with E-state index < -0.39 is 0 Å². The van der Waals surface area contributed by atoms with Gasteiger partial charge in [-0.05, 0) is 24.4 Å². The van der Waals surface area contributed by atoms with Crippen LogP contribution in [0.15, 0.2) is 29.1 Å². The molecule has 2 aromatic heterocycles. The van der Waals surface area contributed by atoms with E-state index in [0.29, 0.717) is 26.3 Å². The largest absolute Gasteiger partial charge is 0.381 e. The van der Waals surface area contributed by atoms with Gasteiger partial charge in [0.15, 0.2) is 0 Å². The number of thiophene rings is 1. The molecule has 0 saturated carbocycles. The summed E-state index contributed by atoms with van der Waals surface area (Å²) in [4.78, 5) is 14.5.